The van der Waals surface area contributed by atoms with E-state index in [1.165, 1.54) is 0 Å². The van der Waals surface area contributed by atoms with Crippen molar-refractivity contribution in [1.82, 2.24) is 10.6 Å². The molecule has 0 atom stereocenters. The third-order valence-corrected chi connectivity index (χ3v) is 5.24. The first-order chi connectivity index (χ1) is 15.9. The molecule has 2 aromatic rings. The number of benzene rings is 2. The zero-order chi connectivity index (χ0) is 24.1. The number of nitrogens with one attached hydrogen (secondary N) is 2. The second-order valence-corrected chi connectivity index (χ2v) is 8.61. The largest absolute Gasteiger partial charge is 0.493 e. The summed E-state index contributed by atoms with van der Waals surface area (Å²) in [6.07, 6.45) is 4.15. The van der Waals surface area contributed by atoms with Crippen LogP contribution in [0.2, 0.25) is 0 Å². The van der Waals surface area contributed by atoms with Crippen LogP contribution in [-0.4, -0.2) is 31.3 Å². The van der Waals surface area contributed by atoms with Gasteiger partial charge in [-0.15, -0.1) is 0 Å². The highest BCUT2D eigenvalue weighted by Gasteiger charge is 2.14. The van der Waals surface area contributed by atoms with Crippen LogP contribution in [0, 0.1) is 5.92 Å². The number of carbonyl (C=O) groups is 1. The molecule has 7 heteroatoms. The van der Waals surface area contributed by atoms with Gasteiger partial charge < -0.3 is 19.5 Å². The number of rotatable bonds is 13. The van der Waals surface area contributed by atoms with E-state index in [9.17, 15) is 4.79 Å². The normalized spacial score (nSPS) is 10.6. The highest BCUT2D eigenvalue weighted by atomic mass is 32.1. The van der Waals surface area contributed by atoms with Gasteiger partial charge in [0.1, 0.15) is 5.75 Å². The minimum atomic E-state index is -0.301. The van der Waals surface area contributed by atoms with Crippen molar-refractivity contribution in [3.8, 4) is 17.2 Å². The first-order valence-electron chi connectivity index (χ1n) is 11.5. The maximum Gasteiger partial charge on any atom is 0.261 e. The lowest BCUT2D eigenvalue weighted by atomic mass is 10.1. The predicted octanol–water partition coefficient (Wildman–Crippen LogP) is 5.49. The van der Waals surface area contributed by atoms with Crippen LogP contribution in [-0.2, 0) is 6.54 Å². The van der Waals surface area contributed by atoms with Gasteiger partial charge in [-0.2, -0.15) is 0 Å². The summed E-state index contributed by atoms with van der Waals surface area (Å²) in [6, 6.07) is 12.9. The Balaban J connectivity index is 1.89. The number of hydrogen-bond acceptors (Lipinski definition) is 5. The summed E-state index contributed by atoms with van der Waals surface area (Å²) in [6.45, 7) is 8.14. The minimum Gasteiger partial charge on any atom is -0.493 e. The monoisotopic (exact) mass is 472 g/mol. The molecule has 0 unspecified atom stereocenters. The van der Waals surface area contributed by atoms with Gasteiger partial charge in [0.05, 0.1) is 25.9 Å². The Morgan fingerprint density at radius 2 is 1.76 bits per heavy atom. The SMILES string of the molecule is CCCCCOc1ccccc1C(=O)NC(=S)NCc1ccc(OCCC(C)C)c(OC)c1. The van der Waals surface area contributed by atoms with E-state index in [2.05, 4.69) is 31.4 Å². The van der Waals surface area contributed by atoms with Crippen LogP contribution in [0.3, 0.4) is 0 Å². The molecule has 0 bridgehead atoms. The Hall–Kier alpha value is -2.80. The van der Waals surface area contributed by atoms with Crippen molar-refractivity contribution >= 4 is 23.2 Å². The van der Waals surface area contributed by atoms with Gasteiger partial charge in [-0.25, -0.2) is 0 Å². The average Bonchev–Trinajstić information content (AvgIpc) is 2.81. The molecule has 0 aromatic heterocycles. The zero-order valence-electron chi connectivity index (χ0n) is 20.1. The average molecular weight is 473 g/mol. The lowest BCUT2D eigenvalue weighted by molar-refractivity contribution is 0.0972. The maximum atomic E-state index is 12.7. The molecule has 0 aliphatic rings. The lowest BCUT2D eigenvalue weighted by Gasteiger charge is -2.15. The second-order valence-electron chi connectivity index (χ2n) is 8.20. The molecule has 0 radical (unpaired) electrons. The van der Waals surface area contributed by atoms with Gasteiger partial charge in [-0.1, -0.05) is 51.8 Å². The molecular weight excluding hydrogens is 436 g/mol. The van der Waals surface area contributed by atoms with Crippen LogP contribution >= 0.6 is 12.2 Å². The van der Waals surface area contributed by atoms with Gasteiger partial charge in [0.25, 0.3) is 5.91 Å². The molecule has 0 aliphatic heterocycles. The van der Waals surface area contributed by atoms with E-state index in [0.29, 0.717) is 48.5 Å². The van der Waals surface area contributed by atoms with E-state index in [1.807, 2.05) is 24.3 Å². The molecule has 6 nitrogen and oxygen atoms in total. The van der Waals surface area contributed by atoms with Crippen LogP contribution in [0.25, 0.3) is 0 Å². The number of para-hydroxylation sites is 1. The highest BCUT2D eigenvalue weighted by molar-refractivity contribution is 7.80. The van der Waals surface area contributed by atoms with Crippen molar-refractivity contribution in [3.63, 3.8) is 0 Å². The van der Waals surface area contributed by atoms with E-state index >= 15 is 0 Å². The van der Waals surface area contributed by atoms with E-state index in [1.54, 1.807) is 25.3 Å². The molecule has 0 saturated heterocycles. The van der Waals surface area contributed by atoms with Gasteiger partial charge in [0.2, 0.25) is 0 Å². The summed E-state index contributed by atoms with van der Waals surface area (Å²) in [5.74, 6) is 2.22. The predicted molar refractivity (Wildman–Crippen MR) is 136 cm³/mol. The Kier molecular flexibility index (Phi) is 11.5. The minimum absolute atomic E-state index is 0.247. The topological polar surface area (TPSA) is 68.8 Å². The van der Waals surface area contributed by atoms with Crippen LogP contribution in [0.15, 0.2) is 42.5 Å². The third kappa shape index (κ3) is 9.30. The smallest absolute Gasteiger partial charge is 0.261 e. The van der Waals surface area contributed by atoms with Gasteiger partial charge in [-0.05, 0) is 60.8 Å². The van der Waals surface area contributed by atoms with Crippen molar-refractivity contribution < 1.29 is 19.0 Å². The number of carbonyl (C=O) groups excluding carboxylic acids is 1. The number of methoxy groups -OCH3 is 1. The fraction of sp³-hybridized carbons (Fsp3) is 0.462. The quantitative estimate of drug-likeness (QED) is 0.297. The van der Waals surface area contributed by atoms with Crippen LogP contribution < -0.4 is 24.8 Å². The van der Waals surface area contributed by atoms with Crippen molar-refractivity contribution in [2.45, 2.75) is 53.0 Å². The zero-order valence-corrected chi connectivity index (χ0v) is 20.9. The summed E-state index contributed by atoms with van der Waals surface area (Å²) in [4.78, 5) is 12.7. The molecule has 33 heavy (non-hydrogen) atoms. The fourth-order valence-corrected chi connectivity index (χ4v) is 3.22. The van der Waals surface area contributed by atoms with Gasteiger partial charge in [-0.3, -0.25) is 10.1 Å². The maximum absolute atomic E-state index is 12.7. The number of unbranched alkanes of at least 4 members (excludes halogenated alkanes) is 2. The molecule has 0 aliphatic carbocycles. The number of hydrogen-bond donors (Lipinski definition) is 2. The second kappa shape index (κ2) is 14.4. The van der Waals surface area contributed by atoms with Crippen LogP contribution in [0.4, 0.5) is 0 Å². The third-order valence-electron chi connectivity index (χ3n) is 5.00. The molecule has 0 fully saturated rings. The Morgan fingerprint density at radius 3 is 2.48 bits per heavy atom. The molecule has 1 amide bonds. The van der Waals surface area contributed by atoms with Crippen molar-refractivity contribution in [1.29, 1.82) is 0 Å². The van der Waals surface area contributed by atoms with Crippen LogP contribution in [0.1, 0.15) is 62.4 Å². The van der Waals surface area contributed by atoms with Gasteiger partial charge in [0.15, 0.2) is 16.6 Å². The Morgan fingerprint density at radius 1 is 1.00 bits per heavy atom. The van der Waals surface area contributed by atoms with Crippen molar-refractivity contribution in [2.24, 2.45) is 5.92 Å². The number of ether oxygens (including phenoxy) is 3. The van der Waals surface area contributed by atoms with E-state index in [-0.39, 0.29) is 11.0 Å². The summed E-state index contributed by atoms with van der Waals surface area (Å²) < 4.78 is 17.1. The van der Waals surface area contributed by atoms with Crippen molar-refractivity contribution in [3.05, 3.63) is 53.6 Å². The summed E-state index contributed by atoms with van der Waals surface area (Å²) in [5, 5.41) is 6.05. The number of thiocarbonyl (C=S) groups is 1. The molecule has 0 spiro atoms. The lowest BCUT2D eigenvalue weighted by Crippen LogP contribution is -2.39. The summed E-state index contributed by atoms with van der Waals surface area (Å²) in [7, 11) is 1.62. The first kappa shape index (κ1) is 26.5. The van der Waals surface area contributed by atoms with Gasteiger partial charge >= 0.3 is 0 Å². The summed E-state index contributed by atoms with van der Waals surface area (Å²) >= 11 is 5.32. The van der Waals surface area contributed by atoms with Crippen LogP contribution in [0.5, 0.6) is 17.2 Å². The van der Waals surface area contributed by atoms with Crippen molar-refractivity contribution in [2.75, 3.05) is 20.3 Å². The standard InChI is InChI=1S/C26H36N2O4S/c1-5-6-9-15-31-22-11-8-7-10-21(22)25(29)28-26(33)27-18-20-12-13-23(24(17-20)30-4)32-16-14-19(2)3/h7-8,10-13,17,19H,5-6,9,14-16,18H2,1-4H3,(H2,27,28,29,33). The van der Waals surface area contributed by atoms with E-state index in [4.69, 9.17) is 26.4 Å². The molecule has 2 rings (SSSR count). The molecular formula is C26H36N2O4S. The van der Waals surface area contributed by atoms with Gasteiger partial charge in [0, 0.05) is 6.54 Å². The Bertz CT molecular complexity index is 902. The summed E-state index contributed by atoms with van der Waals surface area (Å²) in [5.41, 5.74) is 1.42. The molecule has 0 heterocycles. The number of amides is 1. The molecule has 2 aromatic carbocycles. The highest BCUT2D eigenvalue weighted by Crippen LogP contribution is 2.28. The first-order valence-corrected chi connectivity index (χ1v) is 12.0. The molecule has 2 N–H and O–H groups in total. The molecule has 180 valence electrons. The Labute approximate surface area is 203 Å². The van der Waals surface area contributed by atoms with E-state index < -0.39 is 0 Å². The fourth-order valence-electron chi connectivity index (χ4n) is 3.06. The van der Waals surface area contributed by atoms with E-state index in [0.717, 1.165) is 31.2 Å². The molecule has 0 saturated carbocycles.